The van der Waals surface area contributed by atoms with E-state index in [1.807, 2.05) is 13.8 Å². The maximum absolute atomic E-state index is 12.8. The quantitative estimate of drug-likeness (QED) is 0.850. The zero-order valence-corrected chi connectivity index (χ0v) is 12.3. The van der Waals surface area contributed by atoms with Crippen molar-refractivity contribution in [2.45, 2.75) is 33.6 Å². The van der Waals surface area contributed by atoms with Crippen molar-refractivity contribution in [3.8, 4) is 5.75 Å². The summed E-state index contributed by atoms with van der Waals surface area (Å²) >= 11 is 0. The molecule has 1 aliphatic rings. The van der Waals surface area contributed by atoms with Gasteiger partial charge in [-0.05, 0) is 63.4 Å². The molecule has 0 aromatic heterocycles. The lowest BCUT2D eigenvalue weighted by molar-refractivity contribution is 0.0891. The number of piperidine rings is 1. The minimum atomic E-state index is 0.135. The van der Waals surface area contributed by atoms with Gasteiger partial charge in [0.25, 0.3) is 0 Å². The summed E-state index contributed by atoms with van der Waals surface area (Å²) in [6.07, 6.45) is 1.85. The van der Waals surface area contributed by atoms with Gasteiger partial charge in [-0.25, -0.2) is 0 Å². The Morgan fingerprint density at radius 2 is 1.84 bits per heavy atom. The zero-order chi connectivity index (χ0) is 14.0. The summed E-state index contributed by atoms with van der Waals surface area (Å²) in [5, 5.41) is 3.30. The van der Waals surface area contributed by atoms with E-state index in [2.05, 4.69) is 18.3 Å². The summed E-state index contributed by atoms with van der Waals surface area (Å²) in [6, 6.07) is 2.09. The predicted molar refractivity (Wildman–Crippen MR) is 77.1 cm³/mol. The highest BCUT2D eigenvalue weighted by Gasteiger charge is 2.27. The van der Waals surface area contributed by atoms with Gasteiger partial charge in [0.05, 0.1) is 12.7 Å². The molecule has 0 saturated carbocycles. The predicted octanol–water partition coefficient (Wildman–Crippen LogP) is 2.80. The zero-order valence-electron chi connectivity index (χ0n) is 12.3. The minimum Gasteiger partial charge on any atom is -0.496 e. The normalized spacial score (nSPS) is 16.4. The molecule has 1 aromatic carbocycles. The molecule has 0 radical (unpaired) electrons. The van der Waals surface area contributed by atoms with E-state index in [0.717, 1.165) is 48.4 Å². The summed E-state index contributed by atoms with van der Waals surface area (Å²) in [5.41, 5.74) is 4.07. The molecule has 1 aromatic rings. The highest BCUT2D eigenvalue weighted by atomic mass is 16.5. The second-order valence-electron chi connectivity index (χ2n) is 5.43. The van der Waals surface area contributed by atoms with Crippen LogP contribution in [-0.2, 0) is 0 Å². The van der Waals surface area contributed by atoms with E-state index in [1.165, 1.54) is 5.56 Å². The van der Waals surface area contributed by atoms with Crippen molar-refractivity contribution in [2.24, 2.45) is 5.92 Å². The average Bonchev–Trinajstić information content (AvgIpc) is 2.42. The molecule has 2 rings (SSSR count). The SMILES string of the molecule is COc1c(C)c(C)cc(C)c1C(=O)C1CCNCC1. The van der Waals surface area contributed by atoms with Crippen LogP contribution in [0.15, 0.2) is 6.07 Å². The van der Waals surface area contributed by atoms with Crippen LogP contribution in [-0.4, -0.2) is 26.0 Å². The first-order chi connectivity index (χ1) is 9.06. The van der Waals surface area contributed by atoms with Gasteiger partial charge in [0.2, 0.25) is 0 Å². The van der Waals surface area contributed by atoms with Crippen molar-refractivity contribution in [1.82, 2.24) is 5.32 Å². The number of ketones is 1. The fraction of sp³-hybridized carbons (Fsp3) is 0.562. The molecule has 0 amide bonds. The van der Waals surface area contributed by atoms with E-state index in [1.54, 1.807) is 7.11 Å². The van der Waals surface area contributed by atoms with Crippen molar-refractivity contribution in [3.05, 3.63) is 28.3 Å². The fourth-order valence-corrected chi connectivity index (χ4v) is 2.90. The summed E-state index contributed by atoms with van der Waals surface area (Å²) < 4.78 is 5.51. The molecule has 1 aliphatic heterocycles. The van der Waals surface area contributed by atoms with Crippen LogP contribution < -0.4 is 10.1 Å². The van der Waals surface area contributed by atoms with Gasteiger partial charge in [-0.15, -0.1) is 0 Å². The van der Waals surface area contributed by atoms with E-state index in [9.17, 15) is 4.79 Å². The standard InChI is InChI=1S/C16H23NO2/c1-10-9-11(2)14(16(19-4)12(10)3)15(18)13-5-7-17-8-6-13/h9,13,17H,5-8H2,1-4H3. The maximum Gasteiger partial charge on any atom is 0.170 e. The van der Waals surface area contributed by atoms with E-state index in [0.29, 0.717) is 0 Å². The molecule has 0 atom stereocenters. The first-order valence-corrected chi connectivity index (χ1v) is 6.96. The molecule has 104 valence electrons. The number of nitrogens with one attached hydrogen (secondary N) is 1. The lowest BCUT2D eigenvalue weighted by Crippen LogP contribution is -2.32. The van der Waals surface area contributed by atoms with Crippen LogP contribution in [0.2, 0.25) is 0 Å². The Morgan fingerprint density at radius 3 is 2.42 bits per heavy atom. The summed E-state index contributed by atoms with van der Waals surface area (Å²) in [4.78, 5) is 12.8. The molecule has 0 aliphatic carbocycles. The Kier molecular flexibility index (Phi) is 4.25. The van der Waals surface area contributed by atoms with Crippen molar-refractivity contribution in [3.63, 3.8) is 0 Å². The number of methoxy groups -OCH3 is 1. The number of carbonyl (C=O) groups excluding carboxylic acids is 1. The number of aryl methyl sites for hydroxylation is 2. The molecule has 0 unspecified atom stereocenters. The van der Waals surface area contributed by atoms with Crippen LogP contribution in [0.25, 0.3) is 0 Å². The molecule has 19 heavy (non-hydrogen) atoms. The van der Waals surface area contributed by atoms with E-state index in [-0.39, 0.29) is 11.7 Å². The molecule has 1 fully saturated rings. The van der Waals surface area contributed by atoms with E-state index >= 15 is 0 Å². The molecule has 0 spiro atoms. The molecule has 1 heterocycles. The number of benzene rings is 1. The van der Waals surface area contributed by atoms with Gasteiger partial charge in [0.15, 0.2) is 5.78 Å². The van der Waals surface area contributed by atoms with Crippen LogP contribution in [0.1, 0.15) is 39.9 Å². The van der Waals surface area contributed by atoms with Crippen LogP contribution in [0.5, 0.6) is 5.75 Å². The summed E-state index contributed by atoms with van der Waals surface area (Å²) in [5.74, 6) is 1.15. The third-order valence-electron chi connectivity index (χ3n) is 4.15. The Morgan fingerprint density at radius 1 is 1.21 bits per heavy atom. The lowest BCUT2D eigenvalue weighted by Gasteiger charge is -2.24. The number of rotatable bonds is 3. The molecule has 0 bridgehead atoms. The van der Waals surface area contributed by atoms with Gasteiger partial charge in [0, 0.05) is 5.92 Å². The van der Waals surface area contributed by atoms with Crippen molar-refractivity contribution >= 4 is 5.78 Å². The smallest absolute Gasteiger partial charge is 0.170 e. The summed E-state index contributed by atoms with van der Waals surface area (Å²) in [6.45, 7) is 7.95. The second-order valence-corrected chi connectivity index (χ2v) is 5.43. The molecule has 3 nitrogen and oxygen atoms in total. The van der Waals surface area contributed by atoms with Gasteiger partial charge >= 0.3 is 0 Å². The molecular weight excluding hydrogens is 238 g/mol. The second kappa shape index (κ2) is 5.74. The third-order valence-corrected chi connectivity index (χ3v) is 4.15. The molecule has 3 heteroatoms. The Bertz CT molecular complexity index is 488. The number of Topliss-reactive ketones (excluding diaryl/α,β-unsaturated/α-hetero) is 1. The van der Waals surface area contributed by atoms with E-state index in [4.69, 9.17) is 4.74 Å². The van der Waals surface area contributed by atoms with Gasteiger partial charge in [0.1, 0.15) is 5.75 Å². The highest BCUT2D eigenvalue weighted by Crippen LogP contribution is 2.32. The molecular formula is C16H23NO2. The molecule has 1 saturated heterocycles. The summed E-state index contributed by atoms with van der Waals surface area (Å²) in [7, 11) is 1.65. The maximum atomic E-state index is 12.8. The Hall–Kier alpha value is -1.35. The number of hydrogen-bond donors (Lipinski definition) is 1. The average molecular weight is 261 g/mol. The first kappa shape index (κ1) is 14.1. The van der Waals surface area contributed by atoms with Crippen molar-refractivity contribution in [2.75, 3.05) is 20.2 Å². The van der Waals surface area contributed by atoms with Gasteiger partial charge < -0.3 is 10.1 Å². The first-order valence-electron chi connectivity index (χ1n) is 6.96. The highest BCUT2D eigenvalue weighted by molar-refractivity contribution is 6.02. The van der Waals surface area contributed by atoms with Crippen LogP contribution in [0, 0.1) is 26.7 Å². The van der Waals surface area contributed by atoms with Crippen LogP contribution in [0.4, 0.5) is 0 Å². The Balaban J connectivity index is 2.43. The Labute approximate surface area is 115 Å². The molecule has 1 N–H and O–H groups in total. The minimum absolute atomic E-state index is 0.135. The fourth-order valence-electron chi connectivity index (χ4n) is 2.90. The van der Waals surface area contributed by atoms with Gasteiger partial charge in [-0.3, -0.25) is 4.79 Å². The van der Waals surface area contributed by atoms with Crippen LogP contribution >= 0.6 is 0 Å². The van der Waals surface area contributed by atoms with E-state index < -0.39 is 0 Å². The largest absolute Gasteiger partial charge is 0.496 e. The van der Waals surface area contributed by atoms with Gasteiger partial charge in [-0.1, -0.05) is 6.07 Å². The number of carbonyl (C=O) groups is 1. The lowest BCUT2D eigenvalue weighted by atomic mass is 9.86. The van der Waals surface area contributed by atoms with Crippen molar-refractivity contribution < 1.29 is 9.53 Å². The number of hydrogen-bond acceptors (Lipinski definition) is 3. The monoisotopic (exact) mass is 261 g/mol. The topological polar surface area (TPSA) is 38.3 Å². The number of ether oxygens (including phenoxy) is 1. The van der Waals surface area contributed by atoms with Crippen LogP contribution in [0.3, 0.4) is 0 Å². The van der Waals surface area contributed by atoms with Crippen molar-refractivity contribution in [1.29, 1.82) is 0 Å². The third kappa shape index (κ3) is 2.66. The van der Waals surface area contributed by atoms with Gasteiger partial charge in [-0.2, -0.15) is 0 Å².